The van der Waals surface area contributed by atoms with E-state index in [4.69, 9.17) is 12.2 Å². The SMILES string of the molecule is Cc1cnccc1-c1[nH]cnc(=S)c1C. The van der Waals surface area contributed by atoms with E-state index >= 15 is 0 Å². The second-order valence-corrected chi connectivity index (χ2v) is 3.78. The standard InChI is InChI=1S/C11H11N3S/c1-7-5-12-4-3-9(7)10-8(2)11(15)14-6-13-10/h3-6H,1-2H3,(H,13,14,15). The minimum absolute atomic E-state index is 0.639. The Labute approximate surface area is 93.2 Å². The highest BCUT2D eigenvalue weighted by atomic mass is 32.1. The van der Waals surface area contributed by atoms with E-state index in [1.54, 1.807) is 12.5 Å². The van der Waals surface area contributed by atoms with Crippen molar-refractivity contribution < 1.29 is 0 Å². The predicted molar refractivity (Wildman–Crippen MR) is 62.1 cm³/mol. The molecule has 2 rings (SSSR count). The van der Waals surface area contributed by atoms with E-state index in [-0.39, 0.29) is 0 Å². The van der Waals surface area contributed by atoms with Gasteiger partial charge in [0.05, 0.1) is 12.0 Å². The lowest BCUT2D eigenvalue weighted by molar-refractivity contribution is 1.11. The first kappa shape index (κ1) is 9.98. The second-order valence-electron chi connectivity index (χ2n) is 3.40. The third-order valence-corrected chi connectivity index (χ3v) is 2.79. The molecule has 0 aromatic carbocycles. The molecule has 0 amide bonds. The molecule has 0 spiro atoms. The van der Waals surface area contributed by atoms with E-state index in [2.05, 4.69) is 15.0 Å². The molecule has 15 heavy (non-hydrogen) atoms. The maximum Gasteiger partial charge on any atom is 0.132 e. The summed E-state index contributed by atoms with van der Waals surface area (Å²) in [5.41, 5.74) is 4.27. The van der Waals surface area contributed by atoms with Crippen LogP contribution in [0.25, 0.3) is 11.3 Å². The molecule has 76 valence electrons. The summed E-state index contributed by atoms with van der Waals surface area (Å²) in [4.78, 5) is 11.2. The Balaban J connectivity index is 2.70. The molecule has 1 N–H and O–H groups in total. The monoisotopic (exact) mass is 217 g/mol. The van der Waals surface area contributed by atoms with Gasteiger partial charge in [-0.1, -0.05) is 12.2 Å². The molecule has 0 radical (unpaired) electrons. The molecule has 3 nitrogen and oxygen atoms in total. The van der Waals surface area contributed by atoms with Crippen molar-refractivity contribution in [1.29, 1.82) is 0 Å². The normalized spacial score (nSPS) is 10.3. The molecule has 0 saturated carbocycles. The smallest absolute Gasteiger partial charge is 0.132 e. The van der Waals surface area contributed by atoms with Crippen molar-refractivity contribution in [2.24, 2.45) is 0 Å². The Morgan fingerprint density at radius 1 is 1.33 bits per heavy atom. The molecular formula is C11H11N3S. The lowest BCUT2D eigenvalue weighted by atomic mass is 10.1. The summed E-state index contributed by atoms with van der Waals surface area (Å²) in [6, 6.07) is 1.98. The number of pyridine rings is 1. The number of aryl methyl sites for hydroxylation is 1. The van der Waals surface area contributed by atoms with Crippen LogP contribution < -0.4 is 0 Å². The fraction of sp³-hybridized carbons (Fsp3) is 0.182. The van der Waals surface area contributed by atoms with Crippen LogP contribution in [0.5, 0.6) is 0 Å². The summed E-state index contributed by atoms with van der Waals surface area (Å²) in [5.74, 6) is 0. The van der Waals surface area contributed by atoms with E-state index in [1.807, 2.05) is 26.1 Å². The number of nitrogens with one attached hydrogen (secondary N) is 1. The highest BCUT2D eigenvalue weighted by Gasteiger charge is 2.05. The Hall–Kier alpha value is -1.55. The van der Waals surface area contributed by atoms with E-state index in [1.165, 1.54) is 0 Å². The first-order valence-electron chi connectivity index (χ1n) is 4.65. The summed E-state index contributed by atoms with van der Waals surface area (Å²) in [7, 11) is 0. The molecule has 0 aliphatic carbocycles. The van der Waals surface area contributed by atoms with Crippen molar-refractivity contribution >= 4 is 12.2 Å². The molecule has 0 unspecified atom stereocenters. The zero-order valence-corrected chi connectivity index (χ0v) is 9.43. The maximum absolute atomic E-state index is 5.14. The number of aromatic amines is 1. The average Bonchev–Trinajstić information content (AvgIpc) is 2.23. The van der Waals surface area contributed by atoms with Crippen LogP contribution in [0.4, 0.5) is 0 Å². The molecule has 2 heterocycles. The van der Waals surface area contributed by atoms with Crippen molar-refractivity contribution in [2.75, 3.05) is 0 Å². The lowest BCUT2D eigenvalue weighted by Gasteiger charge is -2.07. The summed E-state index contributed by atoms with van der Waals surface area (Å²) in [6.07, 6.45) is 5.25. The van der Waals surface area contributed by atoms with Gasteiger partial charge in [0, 0.05) is 23.5 Å². The van der Waals surface area contributed by atoms with E-state index < -0.39 is 0 Å². The third-order valence-electron chi connectivity index (χ3n) is 2.38. The maximum atomic E-state index is 5.14. The molecule has 4 heteroatoms. The average molecular weight is 217 g/mol. The van der Waals surface area contributed by atoms with Crippen molar-refractivity contribution in [1.82, 2.24) is 15.0 Å². The van der Waals surface area contributed by atoms with Gasteiger partial charge in [-0.3, -0.25) is 4.98 Å². The van der Waals surface area contributed by atoms with E-state index in [0.29, 0.717) is 4.64 Å². The third kappa shape index (κ3) is 1.80. The number of rotatable bonds is 1. The second kappa shape index (κ2) is 3.90. The van der Waals surface area contributed by atoms with Gasteiger partial charge < -0.3 is 4.98 Å². The molecule has 0 bridgehead atoms. The molecular weight excluding hydrogens is 206 g/mol. The number of nitrogens with zero attached hydrogens (tertiary/aromatic N) is 2. The molecule has 0 aliphatic rings. The first-order valence-corrected chi connectivity index (χ1v) is 5.06. The zero-order valence-electron chi connectivity index (χ0n) is 8.61. The fourth-order valence-corrected chi connectivity index (χ4v) is 1.66. The van der Waals surface area contributed by atoms with Crippen LogP contribution in [0.1, 0.15) is 11.1 Å². The van der Waals surface area contributed by atoms with Crippen molar-refractivity contribution in [3.05, 3.63) is 40.6 Å². The van der Waals surface area contributed by atoms with Gasteiger partial charge in [0.2, 0.25) is 0 Å². The molecule has 0 atom stereocenters. The number of hydrogen-bond acceptors (Lipinski definition) is 3. The van der Waals surface area contributed by atoms with E-state index in [0.717, 1.165) is 22.4 Å². The van der Waals surface area contributed by atoms with Crippen LogP contribution in [0.2, 0.25) is 0 Å². The van der Waals surface area contributed by atoms with Crippen LogP contribution in [0.15, 0.2) is 24.8 Å². The van der Waals surface area contributed by atoms with Crippen molar-refractivity contribution in [2.45, 2.75) is 13.8 Å². The lowest BCUT2D eigenvalue weighted by Crippen LogP contribution is -1.93. The van der Waals surface area contributed by atoms with Gasteiger partial charge in [0.25, 0.3) is 0 Å². The van der Waals surface area contributed by atoms with Crippen LogP contribution >= 0.6 is 12.2 Å². The minimum atomic E-state index is 0.639. The number of hydrogen-bond donors (Lipinski definition) is 1. The highest BCUT2D eigenvalue weighted by molar-refractivity contribution is 7.71. The van der Waals surface area contributed by atoms with Gasteiger partial charge in [-0.25, -0.2) is 4.98 Å². The summed E-state index contributed by atoms with van der Waals surface area (Å²) >= 11 is 5.14. The Kier molecular flexibility index (Phi) is 2.60. The Morgan fingerprint density at radius 2 is 2.13 bits per heavy atom. The van der Waals surface area contributed by atoms with Gasteiger partial charge in [0.15, 0.2) is 0 Å². The van der Waals surface area contributed by atoms with Gasteiger partial charge in [-0.05, 0) is 25.5 Å². The molecule has 2 aromatic rings. The number of H-pyrrole nitrogens is 1. The Morgan fingerprint density at radius 3 is 2.87 bits per heavy atom. The van der Waals surface area contributed by atoms with Crippen LogP contribution in [-0.4, -0.2) is 15.0 Å². The summed E-state index contributed by atoms with van der Waals surface area (Å²) < 4.78 is 0.639. The van der Waals surface area contributed by atoms with Gasteiger partial charge >= 0.3 is 0 Å². The van der Waals surface area contributed by atoms with Crippen LogP contribution in [0, 0.1) is 18.5 Å². The molecule has 2 aromatic heterocycles. The minimum Gasteiger partial charge on any atom is -0.346 e. The highest BCUT2D eigenvalue weighted by Crippen LogP contribution is 2.22. The van der Waals surface area contributed by atoms with Crippen LogP contribution in [0.3, 0.4) is 0 Å². The van der Waals surface area contributed by atoms with Crippen LogP contribution in [-0.2, 0) is 0 Å². The first-order chi connectivity index (χ1) is 7.20. The molecule has 0 fully saturated rings. The fourth-order valence-electron chi connectivity index (χ4n) is 1.50. The summed E-state index contributed by atoms with van der Waals surface area (Å²) in [6.45, 7) is 4.00. The quantitative estimate of drug-likeness (QED) is 0.747. The summed E-state index contributed by atoms with van der Waals surface area (Å²) in [5, 5.41) is 0. The number of aromatic nitrogens is 3. The largest absolute Gasteiger partial charge is 0.346 e. The van der Waals surface area contributed by atoms with Crippen molar-refractivity contribution in [3.8, 4) is 11.3 Å². The topological polar surface area (TPSA) is 41.6 Å². The predicted octanol–water partition coefficient (Wildman–Crippen LogP) is 2.82. The van der Waals surface area contributed by atoms with E-state index in [9.17, 15) is 0 Å². The molecule has 0 aliphatic heterocycles. The van der Waals surface area contributed by atoms with Gasteiger partial charge in [-0.15, -0.1) is 0 Å². The van der Waals surface area contributed by atoms with Crippen molar-refractivity contribution in [3.63, 3.8) is 0 Å². The van der Waals surface area contributed by atoms with Gasteiger partial charge in [0.1, 0.15) is 4.64 Å². The van der Waals surface area contributed by atoms with Gasteiger partial charge in [-0.2, -0.15) is 0 Å². The molecule has 0 saturated heterocycles. The Bertz CT molecular complexity index is 546. The zero-order chi connectivity index (χ0) is 10.8.